The largest absolute Gasteiger partial charge is 0.444 e. The Bertz CT molecular complexity index is 1850. The molecule has 0 aliphatic carbocycles. The van der Waals surface area contributed by atoms with Crippen LogP contribution in [0.15, 0.2) is 58.1 Å². The summed E-state index contributed by atoms with van der Waals surface area (Å²) >= 11 is 6.77. The number of carbonyl (C=O) groups excluding carboxylic acids is 1. The van der Waals surface area contributed by atoms with Crippen LogP contribution in [0.3, 0.4) is 0 Å². The third-order valence-corrected chi connectivity index (χ3v) is 8.02. The van der Waals surface area contributed by atoms with E-state index in [0.29, 0.717) is 35.4 Å². The van der Waals surface area contributed by atoms with Crippen LogP contribution in [0.1, 0.15) is 51.7 Å². The van der Waals surface area contributed by atoms with Crippen LogP contribution in [-0.2, 0) is 11.3 Å². The number of aromatic nitrogens is 2. The fraction of sp³-hybridized carbons (Fsp3) is 0.364. The smallest absolute Gasteiger partial charge is 0.410 e. The highest BCUT2D eigenvalue weighted by Gasteiger charge is 2.35. The highest BCUT2D eigenvalue weighted by atomic mass is 35.5. The number of nitrogen functional groups attached to an aromatic ring is 1. The fourth-order valence-electron chi connectivity index (χ4n) is 5.67. The number of nitrogens with two attached hydrogens (primary N) is 1. The summed E-state index contributed by atoms with van der Waals surface area (Å²) < 4.78 is 23.4. The quantitative estimate of drug-likeness (QED) is 0.207. The van der Waals surface area contributed by atoms with E-state index in [4.69, 9.17) is 22.1 Å². The minimum atomic E-state index is -0.734. The van der Waals surface area contributed by atoms with Gasteiger partial charge in [0.15, 0.2) is 0 Å². The molecule has 0 atom stereocenters. The molecule has 1 aromatic heterocycles. The molecule has 0 bridgehead atoms. The van der Waals surface area contributed by atoms with Crippen molar-refractivity contribution in [3.63, 3.8) is 0 Å². The third kappa shape index (κ3) is 5.66. The van der Waals surface area contributed by atoms with Crippen molar-refractivity contribution in [1.82, 2.24) is 14.0 Å². The molecule has 2 heterocycles. The lowest BCUT2D eigenvalue weighted by Crippen LogP contribution is -2.54. The van der Waals surface area contributed by atoms with Crippen LogP contribution >= 0.6 is 11.6 Å². The Balaban J connectivity index is 1.72. The zero-order chi connectivity index (χ0) is 31.4. The van der Waals surface area contributed by atoms with Crippen LogP contribution < -0.4 is 16.9 Å². The molecule has 2 N–H and O–H groups in total. The van der Waals surface area contributed by atoms with Crippen molar-refractivity contribution in [2.24, 2.45) is 5.92 Å². The second kappa shape index (κ2) is 11.2. The van der Waals surface area contributed by atoms with E-state index in [-0.39, 0.29) is 34.7 Å². The third-order valence-electron chi connectivity index (χ3n) is 7.71. The van der Waals surface area contributed by atoms with Crippen LogP contribution in [0, 0.1) is 18.7 Å². The van der Waals surface area contributed by atoms with E-state index in [1.165, 1.54) is 21.3 Å². The first-order valence-corrected chi connectivity index (χ1v) is 14.7. The summed E-state index contributed by atoms with van der Waals surface area (Å²) in [5, 5.41) is 0.181. The van der Waals surface area contributed by atoms with Crippen molar-refractivity contribution in [1.29, 1.82) is 0 Å². The maximum absolute atomic E-state index is 15.1. The Hall–Kier alpha value is -4.11. The summed E-state index contributed by atoms with van der Waals surface area (Å²) in [5.74, 6) is -0.602. The molecule has 1 aliphatic rings. The predicted octanol–water partition coefficient (Wildman–Crippen LogP) is 6.49. The number of rotatable bonds is 5. The number of aryl methyl sites for hydroxylation is 1. The maximum atomic E-state index is 15.1. The van der Waals surface area contributed by atoms with E-state index in [0.717, 1.165) is 11.1 Å². The normalized spacial score (nSPS) is 13.9. The second-order valence-electron chi connectivity index (χ2n) is 12.5. The van der Waals surface area contributed by atoms with Gasteiger partial charge in [-0.1, -0.05) is 49.7 Å². The fourth-order valence-corrected chi connectivity index (χ4v) is 5.92. The van der Waals surface area contributed by atoms with Crippen LogP contribution in [0.25, 0.3) is 27.8 Å². The summed E-state index contributed by atoms with van der Waals surface area (Å²) in [6.07, 6.45) is -0.424. The van der Waals surface area contributed by atoms with Crippen molar-refractivity contribution in [2.75, 3.05) is 18.8 Å². The van der Waals surface area contributed by atoms with Gasteiger partial charge < -0.3 is 19.9 Å². The first-order chi connectivity index (χ1) is 20.2. The summed E-state index contributed by atoms with van der Waals surface area (Å²) in [5.41, 5.74) is 7.84. The standard InChI is InChI=1S/C33H36ClFN4O4/c1-18(2)21-10-7-9-19(3)29(21)39-27-13-22(28-24(35)11-8-12-25(28)36)23(34)14-26(27)38(30(40)31(39)41)17-20-15-37(16-20)32(42)43-33(4,5)6/h7-14,18,20H,15-17,36H2,1-6H3. The molecule has 0 saturated carbocycles. The Morgan fingerprint density at radius 2 is 1.74 bits per heavy atom. The molecule has 0 spiro atoms. The van der Waals surface area contributed by atoms with Crippen LogP contribution in [0.4, 0.5) is 14.9 Å². The summed E-state index contributed by atoms with van der Waals surface area (Å²) in [7, 11) is 0. The minimum absolute atomic E-state index is 0.0436. The van der Waals surface area contributed by atoms with Gasteiger partial charge >= 0.3 is 17.2 Å². The van der Waals surface area contributed by atoms with Gasteiger partial charge in [-0.25, -0.2) is 9.18 Å². The maximum Gasteiger partial charge on any atom is 0.410 e. The summed E-state index contributed by atoms with van der Waals surface area (Å²) in [6, 6.07) is 13.3. The summed E-state index contributed by atoms with van der Waals surface area (Å²) in [6.45, 7) is 12.3. The van der Waals surface area contributed by atoms with Gasteiger partial charge in [0.2, 0.25) is 0 Å². The van der Waals surface area contributed by atoms with Crippen molar-refractivity contribution < 1.29 is 13.9 Å². The van der Waals surface area contributed by atoms with Gasteiger partial charge in [-0.15, -0.1) is 0 Å². The molecule has 3 aromatic carbocycles. The molecule has 0 unspecified atom stereocenters. The van der Waals surface area contributed by atoms with E-state index in [9.17, 15) is 14.4 Å². The molecular weight excluding hydrogens is 571 g/mol. The van der Waals surface area contributed by atoms with E-state index < -0.39 is 28.6 Å². The molecule has 4 aromatic rings. The zero-order valence-electron chi connectivity index (χ0n) is 25.2. The number of fused-ring (bicyclic) bond motifs is 1. The molecule has 0 radical (unpaired) electrons. The predicted molar refractivity (Wildman–Crippen MR) is 169 cm³/mol. The van der Waals surface area contributed by atoms with Gasteiger partial charge in [0.1, 0.15) is 11.4 Å². The van der Waals surface area contributed by atoms with Crippen LogP contribution in [0.2, 0.25) is 5.02 Å². The molecule has 8 nitrogen and oxygen atoms in total. The number of para-hydroxylation sites is 1. The van der Waals surface area contributed by atoms with Gasteiger partial charge in [-0.05, 0) is 69.0 Å². The van der Waals surface area contributed by atoms with Gasteiger partial charge in [0.25, 0.3) is 0 Å². The van der Waals surface area contributed by atoms with Crippen molar-refractivity contribution in [3.8, 4) is 16.8 Å². The van der Waals surface area contributed by atoms with Gasteiger partial charge in [0, 0.05) is 42.4 Å². The molecule has 226 valence electrons. The lowest BCUT2D eigenvalue weighted by atomic mass is 9.97. The summed E-state index contributed by atoms with van der Waals surface area (Å²) in [4.78, 5) is 41.9. The number of likely N-dealkylation sites (tertiary alicyclic amines) is 1. The number of carbonyl (C=O) groups is 1. The van der Waals surface area contributed by atoms with E-state index in [1.807, 2.05) is 39.0 Å². The topological polar surface area (TPSA) is 99.6 Å². The Morgan fingerprint density at radius 1 is 1.07 bits per heavy atom. The van der Waals surface area contributed by atoms with E-state index >= 15 is 4.39 Å². The molecule has 1 fully saturated rings. The van der Waals surface area contributed by atoms with Crippen LogP contribution in [-0.4, -0.2) is 38.8 Å². The molecule has 43 heavy (non-hydrogen) atoms. The molecular formula is C33H36ClFN4O4. The number of hydrogen-bond donors (Lipinski definition) is 1. The number of ether oxygens (including phenoxy) is 1. The minimum Gasteiger partial charge on any atom is -0.444 e. The Kier molecular flexibility index (Phi) is 7.90. The number of nitrogens with zero attached hydrogens (tertiary/aromatic N) is 3. The van der Waals surface area contributed by atoms with Crippen molar-refractivity contribution >= 4 is 34.4 Å². The van der Waals surface area contributed by atoms with Crippen molar-refractivity contribution in [3.05, 3.63) is 91.2 Å². The van der Waals surface area contributed by atoms with Gasteiger partial charge in [0.05, 0.1) is 21.7 Å². The lowest BCUT2D eigenvalue weighted by molar-refractivity contribution is -0.00331. The molecule has 1 saturated heterocycles. The molecule has 1 aliphatic heterocycles. The number of hydrogen-bond acceptors (Lipinski definition) is 5. The highest BCUT2D eigenvalue weighted by molar-refractivity contribution is 6.34. The van der Waals surface area contributed by atoms with Gasteiger partial charge in [-0.3, -0.25) is 14.2 Å². The number of amides is 1. The second-order valence-corrected chi connectivity index (χ2v) is 12.9. The Labute approximate surface area is 254 Å². The zero-order valence-corrected chi connectivity index (χ0v) is 26.0. The van der Waals surface area contributed by atoms with Gasteiger partial charge in [-0.2, -0.15) is 0 Å². The highest BCUT2D eigenvalue weighted by Crippen LogP contribution is 2.38. The molecule has 5 rings (SSSR count). The SMILES string of the molecule is Cc1cccc(C(C)C)c1-n1c(=O)c(=O)n(CC2CN(C(=O)OC(C)(C)C)C2)c2cc(Cl)c(-c3c(N)cccc3F)cc21. The first kappa shape index (κ1) is 30.4. The average molecular weight is 607 g/mol. The van der Waals surface area contributed by atoms with E-state index in [1.54, 1.807) is 43.9 Å². The average Bonchev–Trinajstić information content (AvgIpc) is 2.88. The molecule has 1 amide bonds. The monoisotopic (exact) mass is 606 g/mol. The number of benzene rings is 3. The molecule has 10 heteroatoms. The first-order valence-electron chi connectivity index (χ1n) is 14.3. The lowest BCUT2D eigenvalue weighted by Gasteiger charge is -2.40. The number of halogens is 2. The van der Waals surface area contributed by atoms with Crippen LogP contribution in [0.5, 0.6) is 0 Å². The Morgan fingerprint density at radius 3 is 2.37 bits per heavy atom. The van der Waals surface area contributed by atoms with E-state index in [2.05, 4.69) is 0 Å². The number of anilines is 1. The van der Waals surface area contributed by atoms with Crippen molar-refractivity contribution in [2.45, 2.75) is 59.6 Å².